The number of piperazine rings is 1. The second-order valence-electron chi connectivity index (χ2n) is 34.0. The number of aryl methyl sites for hydroxylation is 1. The van der Waals surface area contributed by atoms with Crippen molar-refractivity contribution in [3.8, 4) is 28.8 Å². The number of rotatable bonds is 29. The van der Waals surface area contributed by atoms with Gasteiger partial charge in [-0.2, -0.15) is 40.2 Å². The van der Waals surface area contributed by atoms with E-state index in [4.69, 9.17) is 23.5 Å². The highest BCUT2D eigenvalue weighted by Gasteiger charge is 2.58. The Bertz CT molecular complexity index is 4710. The van der Waals surface area contributed by atoms with Gasteiger partial charge in [-0.25, -0.2) is 47.4 Å². The van der Waals surface area contributed by atoms with Gasteiger partial charge in [-0.1, -0.05) is 43.9 Å². The number of alkyl carbamates (subject to hydrolysis) is 2. The molecular formula is C80H99F10N12O18P. The molecular weight excluding hydrogens is 1640 g/mol. The SMILES string of the molecule is COC(=O)N[C@H](C(=O)N[C@@H](Cc1ccc(C#Cc2cnc(N3CC4CCC(C3)N4C3COC3)nc2)cc1)[C@H](CN(Cc1c(F)cc(-c2ccn(C(F)F)n2)cc1F)NC(=O)[C@@H](NC(=O)OC)C(C)(C)C(F)(F)F)OC(=O)CC(C)(C)c1c(CC(=O)N2C[C@@H](C(=O)OC(C)(C)C)C[C@H]2C(=O)OC(C)(C)C)cc(C)cc1OP(=O)(O)O)C(C)(C)C(F)(F)F. The first-order valence-electron chi connectivity index (χ1n) is 38.4. The molecule has 6 N–H and O–H groups in total. The second kappa shape index (κ2) is 37.2. The van der Waals surface area contributed by atoms with Crippen molar-refractivity contribution in [1.29, 1.82) is 0 Å². The number of carbonyl (C=O) groups excluding carboxylic acids is 8. The molecule has 3 aromatic carbocycles. The number of phosphoric acid groups is 1. The lowest BCUT2D eigenvalue weighted by molar-refractivity contribution is -0.221. The number of benzene rings is 3. The van der Waals surface area contributed by atoms with Crippen molar-refractivity contribution < 1.29 is 130 Å². The summed E-state index contributed by atoms with van der Waals surface area (Å²) in [6, 6.07) is 2.13. The van der Waals surface area contributed by atoms with Crippen molar-refractivity contribution >= 4 is 61.6 Å². The number of esters is 3. The Kier molecular flexibility index (Phi) is 29.1. The number of aromatic nitrogens is 4. The molecule has 6 heterocycles. The zero-order valence-electron chi connectivity index (χ0n) is 69.1. The summed E-state index contributed by atoms with van der Waals surface area (Å²) in [4.78, 5) is 151. The van der Waals surface area contributed by atoms with Gasteiger partial charge in [0, 0.05) is 84.5 Å². The maximum atomic E-state index is 17.0. The zero-order chi connectivity index (χ0) is 89.8. The van der Waals surface area contributed by atoms with E-state index in [-0.39, 0.29) is 38.9 Å². The van der Waals surface area contributed by atoms with Crippen LogP contribution in [-0.2, 0) is 86.6 Å². The minimum Gasteiger partial charge on any atom is -0.460 e. The molecule has 2 unspecified atom stereocenters. The Morgan fingerprint density at radius 1 is 0.702 bits per heavy atom. The summed E-state index contributed by atoms with van der Waals surface area (Å²) in [5.74, 6) is -6.21. The van der Waals surface area contributed by atoms with E-state index in [1.807, 2.05) is 5.32 Å². The Balaban J connectivity index is 1.18. The van der Waals surface area contributed by atoms with E-state index in [2.05, 4.69) is 56.9 Å². The fourth-order valence-corrected chi connectivity index (χ4v) is 15.2. The Morgan fingerprint density at radius 2 is 1.25 bits per heavy atom. The molecule has 2 bridgehead atoms. The van der Waals surface area contributed by atoms with Crippen LogP contribution in [-0.4, -0.2) is 218 Å². The van der Waals surface area contributed by atoms with Crippen molar-refractivity contribution in [2.45, 2.75) is 219 Å². The Hall–Kier alpha value is -10.2. The first-order valence-corrected chi connectivity index (χ1v) is 40.0. The number of methoxy groups -OCH3 is 2. The quantitative estimate of drug-likeness (QED) is 0.00647. The van der Waals surface area contributed by atoms with Crippen LogP contribution < -0.4 is 30.8 Å². The lowest BCUT2D eigenvalue weighted by Crippen LogP contribution is -2.64. The summed E-state index contributed by atoms with van der Waals surface area (Å²) in [6.07, 6.45) is -13.5. The number of nitrogens with zero attached hydrogens (tertiary/aromatic N) is 8. The van der Waals surface area contributed by atoms with Crippen LogP contribution in [0.4, 0.5) is 59.4 Å². The van der Waals surface area contributed by atoms with E-state index in [1.54, 1.807) is 46.9 Å². The maximum absolute atomic E-state index is 17.0. The molecule has 2 aromatic heterocycles. The van der Waals surface area contributed by atoms with Crippen LogP contribution in [0.5, 0.6) is 5.75 Å². The van der Waals surface area contributed by atoms with Crippen molar-refractivity contribution in [3.63, 3.8) is 0 Å². The normalized spacial score (nSPS) is 18.6. The van der Waals surface area contributed by atoms with Gasteiger partial charge in [-0.15, -0.1) is 0 Å². The van der Waals surface area contributed by atoms with Crippen molar-refractivity contribution in [1.82, 2.24) is 55.9 Å². The van der Waals surface area contributed by atoms with Crippen molar-refractivity contribution in [2.24, 2.45) is 16.7 Å². The summed E-state index contributed by atoms with van der Waals surface area (Å²) in [5, 5.41) is 10.1. The van der Waals surface area contributed by atoms with Gasteiger partial charge in [0.2, 0.25) is 17.8 Å². The molecule has 4 fully saturated rings. The molecule has 0 aliphatic carbocycles. The Morgan fingerprint density at radius 3 is 1.75 bits per heavy atom. The van der Waals surface area contributed by atoms with Crippen LogP contribution in [0, 0.1) is 47.1 Å². The molecule has 4 aliphatic rings. The molecule has 8 atom stereocenters. The molecule has 662 valence electrons. The highest BCUT2D eigenvalue weighted by Crippen LogP contribution is 2.48. The molecule has 0 saturated carbocycles. The lowest BCUT2D eigenvalue weighted by atomic mass is 9.77. The molecule has 41 heteroatoms. The number of halogens is 10. The van der Waals surface area contributed by atoms with Crippen LogP contribution in [0.2, 0.25) is 0 Å². The average molecular weight is 1740 g/mol. The van der Waals surface area contributed by atoms with Gasteiger partial charge in [0.1, 0.15) is 52.8 Å². The number of fused-ring (bicyclic) bond motifs is 2. The molecule has 5 amide bonds. The van der Waals surface area contributed by atoms with Crippen LogP contribution >= 0.6 is 7.82 Å². The fourth-order valence-electron chi connectivity index (χ4n) is 14.8. The molecule has 4 saturated heterocycles. The highest BCUT2D eigenvalue weighted by atomic mass is 31.2. The van der Waals surface area contributed by atoms with Gasteiger partial charge in [0.05, 0.1) is 86.9 Å². The van der Waals surface area contributed by atoms with Crippen LogP contribution in [0.15, 0.2) is 73.2 Å². The summed E-state index contributed by atoms with van der Waals surface area (Å²) < 4.78 is 205. The van der Waals surface area contributed by atoms with Crippen LogP contribution in [0.25, 0.3) is 11.3 Å². The molecule has 30 nitrogen and oxygen atoms in total. The number of hydrazine groups is 1. The smallest absolute Gasteiger partial charge is 0.460 e. The van der Waals surface area contributed by atoms with Crippen molar-refractivity contribution in [3.05, 3.63) is 124 Å². The van der Waals surface area contributed by atoms with E-state index in [0.717, 1.165) is 50.3 Å². The van der Waals surface area contributed by atoms with E-state index in [1.165, 1.54) is 63.5 Å². The lowest BCUT2D eigenvalue weighted by Gasteiger charge is -2.47. The fraction of sp³-hybridized carbons (Fsp3) is 0.562. The number of nitrogens with one attached hydrogen (secondary N) is 4. The summed E-state index contributed by atoms with van der Waals surface area (Å²) >= 11 is 0. The number of likely N-dealkylation sites (tertiary alicyclic amines) is 1. The minimum absolute atomic E-state index is 0.0701. The predicted molar refractivity (Wildman–Crippen MR) is 412 cm³/mol. The third-order valence-electron chi connectivity index (χ3n) is 21.1. The van der Waals surface area contributed by atoms with Gasteiger partial charge < -0.3 is 58.7 Å². The van der Waals surface area contributed by atoms with Gasteiger partial charge in [-0.3, -0.25) is 44.1 Å². The van der Waals surface area contributed by atoms with Crippen LogP contribution in [0.1, 0.15) is 154 Å². The largest absolute Gasteiger partial charge is 0.524 e. The standard InChI is InChI=1S/C80H99F10N12O18P/c1-43-26-48(32-61(103)100-36-49(68(107)118-74(2,3)4)31-58(100)69(108)119-75(5,6)7)63(59(27-43)120-121(111,112)113)76(8,9)33-62(104)117-60(40-99(97-67(106)65(95-73(110)115-15)78(12,13)80(88,89)90)39-53-54(81)29-47(30-55(53)82)56-24-25-101(96-56)70(83)84)57(93-66(105)64(94-72(109)114-14)77(10,11)79(85,86)87)28-45-19-16-44(17-20-45)18-21-46-34-91-71(92-35-46)98-37-50-22-23-51(38-98)102(50)52-41-116-42-52/h16-17,19-20,24-27,29-30,34-35,49-52,57-58,60,64-65,70H,22-23,28,31-33,36-42H2,1-15H3,(H,93,105)(H,94,109)(H,95,110)(H,97,106)(H2,111,112,113)/t49-,50?,51?,57-,58-,60-,64+,65+/m0/s1. The number of ether oxygens (including phenoxy) is 6. The Labute approximate surface area is 691 Å². The van der Waals surface area contributed by atoms with Crippen LogP contribution in [0.3, 0.4) is 0 Å². The number of anilines is 1. The molecule has 5 aromatic rings. The van der Waals surface area contributed by atoms with Gasteiger partial charge in [-0.05, 0) is 155 Å². The third-order valence-corrected chi connectivity index (χ3v) is 21.5. The average Bonchev–Trinajstić information content (AvgIpc) is 1.77. The number of hydrogen-bond donors (Lipinski definition) is 6. The summed E-state index contributed by atoms with van der Waals surface area (Å²) in [6.45, 7) is 11.7. The topological polar surface area (TPSA) is 363 Å². The first-order chi connectivity index (χ1) is 56.0. The minimum atomic E-state index is -5.68. The molecule has 0 radical (unpaired) electrons. The van der Waals surface area contributed by atoms with E-state index >= 15 is 49.5 Å². The monoisotopic (exact) mass is 1740 g/mol. The molecule has 9 rings (SSSR count). The number of alkyl halides is 8. The van der Waals surface area contributed by atoms with E-state index in [9.17, 15) is 47.1 Å². The molecule has 121 heavy (non-hydrogen) atoms. The highest BCUT2D eigenvalue weighted by molar-refractivity contribution is 7.46. The van der Waals surface area contributed by atoms with Gasteiger partial charge in [0.15, 0.2) is 0 Å². The number of amides is 5. The van der Waals surface area contributed by atoms with Crippen molar-refractivity contribution in [2.75, 3.05) is 58.5 Å². The summed E-state index contributed by atoms with van der Waals surface area (Å²) in [7, 11) is -4.20. The second-order valence-corrected chi connectivity index (χ2v) is 35.1. The number of carbonyl (C=O) groups is 8. The van der Waals surface area contributed by atoms with E-state index < -0.39 is 211 Å². The molecule has 0 spiro atoms. The number of hydrogen-bond acceptors (Lipinski definition) is 22. The molecule has 4 aliphatic heterocycles. The summed E-state index contributed by atoms with van der Waals surface area (Å²) in [5.41, 5.74) is -10.3. The first kappa shape index (κ1) is 94.6. The third kappa shape index (κ3) is 24.0. The van der Waals surface area contributed by atoms with Gasteiger partial charge >= 0.3 is 56.8 Å². The maximum Gasteiger partial charge on any atom is 0.524 e. The zero-order valence-corrected chi connectivity index (χ0v) is 70.0. The van der Waals surface area contributed by atoms with Gasteiger partial charge in [0.25, 0.3) is 5.91 Å². The number of phosphoric ester groups is 1. The van der Waals surface area contributed by atoms with E-state index in [0.29, 0.717) is 101 Å². The predicted octanol–water partition coefficient (Wildman–Crippen LogP) is 10.2.